The summed E-state index contributed by atoms with van der Waals surface area (Å²) < 4.78 is 2.03. The van der Waals surface area contributed by atoms with Crippen molar-refractivity contribution in [1.29, 1.82) is 0 Å². The molecule has 0 aliphatic carbocycles. The van der Waals surface area contributed by atoms with Gasteiger partial charge in [0, 0.05) is 19.6 Å². The van der Waals surface area contributed by atoms with Gasteiger partial charge in [0.25, 0.3) is 0 Å². The maximum Gasteiger partial charge on any atom is 0.0863 e. The lowest BCUT2D eigenvalue weighted by molar-refractivity contribution is 0.136. The fraction of sp³-hybridized carbons (Fsp3) is 0.812. The molecule has 0 spiro atoms. The lowest BCUT2D eigenvalue weighted by Crippen LogP contribution is -2.42. The van der Waals surface area contributed by atoms with E-state index in [1.54, 1.807) is 0 Å². The Morgan fingerprint density at radius 3 is 2.52 bits per heavy atom. The molecule has 4 nitrogen and oxygen atoms in total. The molecule has 1 aromatic rings. The molecule has 0 aromatic carbocycles. The summed E-state index contributed by atoms with van der Waals surface area (Å²) in [5, 5.41) is 9.04. The molecule has 0 saturated carbocycles. The molecule has 1 saturated heterocycles. The number of hydrogen-bond acceptors (Lipinski definition) is 3. The largest absolute Gasteiger partial charge is 0.311 e. The average Bonchev–Trinajstić information content (AvgIpc) is 2.79. The van der Waals surface area contributed by atoms with E-state index in [4.69, 9.17) is 11.6 Å². The fourth-order valence-electron chi connectivity index (χ4n) is 3.00. The van der Waals surface area contributed by atoms with Gasteiger partial charge < -0.3 is 10.2 Å². The molecule has 1 N–H and O–H groups in total. The van der Waals surface area contributed by atoms with Crippen molar-refractivity contribution in [3.8, 4) is 0 Å². The maximum atomic E-state index is 6.45. The molecule has 1 aliphatic rings. The van der Waals surface area contributed by atoms with E-state index < -0.39 is 0 Å². The molecule has 0 radical (unpaired) electrons. The Labute approximate surface area is 133 Å². The zero-order valence-corrected chi connectivity index (χ0v) is 14.6. The van der Waals surface area contributed by atoms with E-state index in [2.05, 4.69) is 43.1 Å². The van der Waals surface area contributed by atoms with Gasteiger partial charge in [0.1, 0.15) is 0 Å². The van der Waals surface area contributed by atoms with Gasteiger partial charge in [-0.15, -0.1) is 0 Å². The number of hydrogen-bond donors (Lipinski definition) is 1. The molecule has 120 valence electrons. The van der Waals surface area contributed by atoms with Gasteiger partial charge in [0.2, 0.25) is 0 Å². The normalized spacial score (nSPS) is 19.1. The first-order valence-electron chi connectivity index (χ1n) is 8.12. The number of nitrogens with zero attached hydrogens (tertiary/aromatic N) is 3. The summed E-state index contributed by atoms with van der Waals surface area (Å²) >= 11 is 6.45. The third kappa shape index (κ3) is 3.99. The van der Waals surface area contributed by atoms with Crippen LogP contribution in [0.2, 0.25) is 5.02 Å². The molecule has 1 aromatic heterocycles. The molecule has 0 bridgehead atoms. The lowest BCUT2D eigenvalue weighted by atomic mass is 9.80. The Bertz CT molecular complexity index is 461. The second-order valence-electron chi connectivity index (χ2n) is 6.59. The highest BCUT2D eigenvalue weighted by Crippen LogP contribution is 2.29. The first kappa shape index (κ1) is 16.8. The zero-order valence-electron chi connectivity index (χ0n) is 13.9. The van der Waals surface area contributed by atoms with Gasteiger partial charge in [-0.1, -0.05) is 25.4 Å². The number of nitrogens with one attached hydrogen (secondary N) is 1. The number of piperidine rings is 1. The van der Waals surface area contributed by atoms with E-state index in [9.17, 15) is 0 Å². The Balaban J connectivity index is 1.93. The summed E-state index contributed by atoms with van der Waals surface area (Å²) in [7, 11) is 2.21. The van der Waals surface area contributed by atoms with Crippen LogP contribution in [-0.4, -0.2) is 41.4 Å². The molecule has 2 heterocycles. The van der Waals surface area contributed by atoms with Crippen LogP contribution in [0.5, 0.6) is 0 Å². The smallest absolute Gasteiger partial charge is 0.0863 e. The average molecular weight is 313 g/mol. The van der Waals surface area contributed by atoms with Gasteiger partial charge >= 0.3 is 0 Å². The van der Waals surface area contributed by atoms with Crippen molar-refractivity contribution in [2.24, 2.45) is 5.41 Å². The summed E-state index contributed by atoms with van der Waals surface area (Å²) in [6, 6.07) is 0. The minimum absolute atomic E-state index is 0.406. The van der Waals surface area contributed by atoms with E-state index in [1.807, 2.05) is 4.68 Å². The highest BCUT2D eigenvalue weighted by atomic mass is 35.5. The van der Waals surface area contributed by atoms with Crippen LogP contribution >= 0.6 is 11.6 Å². The Morgan fingerprint density at radius 2 is 1.95 bits per heavy atom. The summed E-state index contributed by atoms with van der Waals surface area (Å²) in [6.07, 6.45) is 3.41. The van der Waals surface area contributed by atoms with Crippen LogP contribution in [0.25, 0.3) is 0 Å². The third-order valence-corrected chi connectivity index (χ3v) is 5.17. The van der Waals surface area contributed by atoms with Gasteiger partial charge in [0.05, 0.1) is 16.4 Å². The zero-order chi connectivity index (χ0) is 15.5. The third-order valence-electron chi connectivity index (χ3n) is 4.73. The van der Waals surface area contributed by atoms with Gasteiger partial charge in [-0.05, 0) is 51.7 Å². The fourth-order valence-corrected chi connectivity index (χ4v) is 3.34. The number of likely N-dealkylation sites (tertiary alicyclic amines) is 1. The minimum atomic E-state index is 0.406. The van der Waals surface area contributed by atoms with Crippen molar-refractivity contribution in [2.75, 3.05) is 26.7 Å². The topological polar surface area (TPSA) is 33.1 Å². The van der Waals surface area contributed by atoms with Crippen molar-refractivity contribution in [3.05, 3.63) is 16.4 Å². The lowest BCUT2D eigenvalue weighted by Gasteiger charge is -2.38. The summed E-state index contributed by atoms with van der Waals surface area (Å²) in [5.74, 6) is 0. The van der Waals surface area contributed by atoms with Gasteiger partial charge in [0.15, 0.2) is 0 Å². The van der Waals surface area contributed by atoms with Crippen LogP contribution in [0.3, 0.4) is 0 Å². The van der Waals surface area contributed by atoms with E-state index >= 15 is 0 Å². The number of aromatic nitrogens is 2. The van der Waals surface area contributed by atoms with Crippen molar-refractivity contribution < 1.29 is 0 Å². The number of halogens is 1. The predicted molar refractivity (Wildman–Crippen MR) is 88.8 cm³/mol. The first-order chi connectivity index (χ1) is 9.99. The molecule has 1 aliphatic heterocycles. The van der Waals surface area contributed by atoms with Crippen LogP contribution in [0.1, 0.15) is 45.0 Å². The molecule has 0 amide bonds. The molecular formula is C16H29ClN4. The second-order valence-corrected chi connectivity index (χ2v) is 6.97. The monoisotopic (exact) mass is 312 g/mol. The van der Waals surface area contributed by atoms with Gasteiger partial charge in [-0.3, -0.25) is 4.68 Å². The first-order valence-corrected chi connectivity index (χ1v) is 8.50. The molecule has 21 heavy (non-hydrogen) atoms. The van der Waals surface area contributed by atoms with Crippen molar-refractivity contribution in [3.63, 3.8) is 0 Å². The van der Waals surface area contributed by atoms with Crippen LogP contribution in [0.15, 0.2) is 0 Å². The molecule has 0 unspecified atom stereocenters. The Kier molecular flexibility index (Phi) is 5.69. The summed E-state index contributed by atoms with van der Waals surface area (Å²) in [4.78, 5) is 2.41. The Morgan fingerprint density at radius 1 is 1.29 bits per heavy atom. The molecular weight excluding hydrogens is 284 g/mol. The molecule has 0 atom stereocenters. The van der Waals surface area contributed by atoms with Crippen molar-refractivity contribution in [2.45, 2.75) is 53.1 Å². The van der Waals surface area contributed by atoms with Gasteiger partial charge in [-0.25, -0.2) is 0 Å². The molecule has 1 fully saturated rings. The van der Waals surface area contributed by atoms with E-state index in [0.717, 1.165) is 42.5 Å². The highest BCUT2D eigenvalue weighted by Gasteiger charge is 2.28. The minimum Gasteiger partial charge on any atom is -0.311 e. The van der Waals surface area contributed by atoms with E-state index in [-0.39, 0.29) is 0 Å². The quantitative estimate of drug-likeness (QED) is 0.876. The van der Waals surface area contributed by atoms with Crippen LogP contribution < -0.4 is 5.32 Å². The van der Waals surface area contributed by atoms with Crippen LogP contribution in [0, 0.1) is 5.41 Å². The van der Waals surface area contributed by atoms with E-state index in [0.29, 0.717) is 5.41 Å². The molecule has 2 rings (SSSR count). The highest BCUT2D eigenvalue weighted by molar-refractivity contribution is 6.31. The van der Waals surface area contributed by atoms with Crippen molar-refractivity contribution in [1.82, 2.24) is 20.0 Å². The summed E-state index contributed by atoms with van der Waals surface area (Å²) in [5.41, 5.74) is 2.55. The second kappa shape index (κ2) is 7.12. The number of aryl methyl sites for hydroxylation is 2. The number of rotatable bonds is 6. The maximum absolute atomic E-state index is 6.45. The van der Waals surface area contributed by atoms with E-state index in [1.165, 1.54) is 25.9 Å². The van der Waals surface area contributed by atoms with Crippen molar-refractivity contribution >= 4 is 11.6 Å². The van der Waals surface area contributed by atoms with Gasteiger partial charge in [-0.2, -0.15) is 5.10 Å². The standard InChI is InChI=1S/C16H29ClN4/c1-5-13-15(17)14(21(6-2)19-13)11-18-12-16(3)7-9-20(4)10-8-16/h18H,5-12H2,1-4H3. The SMILES string of the molecule is CCc1nn(CC)c(CNCC2(C)CCN(C)CC2)c1Cl. The van der Waals surface area contributed by atoms with Crippen LogP contribution in [-0.2, 0) is 19.5 Å². The predicted octanol–water partition coefficient (Wildman–Crippen LogP) is 2.94. The summed E-state index contributed by atoms with van der Waals surface area (Å²) in [6.45, 7) is 11.7. The molecule has 5 heteroatoms. The Hall–Kier alpha value is -0.580. The van der Waals surface area contributed by atoms with Crippen LogP contribution in [0.4, 0.5) is 0 Å².